The zero-order chi connectivity index (χ0) is 25.5. The molecule has 1 aliphatic heterocycles. The van der Waals surface area contributed by atoms with Gasteiger partial charge in [0.2, 0.25) is 5.91 Å². The fourth-order valence-electron chi connectivity index (χ4n) is 5.89. The van der Waals surface area contributed by atoms with E-state index in [0.717, 1.165) is 76.9 Å². The van der Waals surface area contributed by atoms with Crippen LogP contribution in [-0.4, -0.2) is 47.2 Å². The first-order valence-corrected chi connectivity index (χ1v) is 13.8. The number of hydrogen-bond donors (Lipinski definition) is 0. The third kappa shape index (κ3) is 6.24. The number of nitrogens with zero attached hydrogens (tertiary/aromatic N) is 3. The Labute approximate surface area is 220 Å². The number of rotatable bonds is 10. The van der Waals surface area contributed by atoms with Crippen molar-refractivity contribution in [3.05, 3.63) is 83.4 Å². The van der Waals surface area contributed by atoms with Crippen LogP contribution in [0.3, 0.4) is 0 Å². The number of ether oxygens (including phenoxy) is 2. The van der Waals surface area contributed by atoms with E-state index in [1.54, 1.807) is 7.11 Å². The number of aromatic nitrogens is 2. The van der Waals surface area contributed by atoms with Gasteiger partial charge < -0.3 is 18.9 Å². The number of amides is 1. The van der Waals surface area contributed by atoms with Gasteiger partial charge in [0.1, 0.15) is 11.6 Å². The molecule has 1 aliphatic carbocycles. The van der Waals surface area contributed by atoms with Crippen LogP contribution in [0.1, 0.15) is 60.5 Å². The molecule has 0 radical (unpaired) electrons. The molecular formula is C31H39N3O3. The minimum Gasteiger partial charge on any atom is -0.496 e. The molecule has 1 fully saturated rings. The molecule has 3 aromatic rings. The van der Waals surface area contributed by atoms with Crippen molar-refractivity contribution >= 4 is 5.91 Å². The van der Waals surface area contributed by atoms with Crippen LogP contribution in [0.4, 0.5) is 0 Å². The standard InChI is InChI=1S/C31H39N3O3/c1-36-29-11-7-10-25-12-13-27(22-28(25)29)31(35)34-18-14-26(15-19-34)30-32-16-20-33(30)17-5-6-21-37-23-24-8-3-2-4-9-24/h2-4,7-11,16,20,26-27H,5-6,12-15,17-19,21-23H2,1H3. The lowest BCUT2D eigenvalue weighted by Crippen LogP contribution is -2.43. The highest BCUT2D eigenvalue weighted by Gasteiger charge is 2.33. The Morgan fingerprint density at radius 1 is 1.03 bits per heavy atom. The summed E-state index contributed by atoms with van der Waals surface area (Å²) in [6.45, 7) is 4.05. The number of aryl methyl sites for hydroxylation is 2. The maximum atomic E-state index is 13.4. The fourth-order valence-corrected chi connectivity index (χ4v) is 5.89. The molecule has 6 nitrogen and oxygen atoms in total. The summed E-state index contributed by atoms with van der Waals surface area (Å²) in [6, 6.07) is 16.6. The highest BCUT2D eigenvalue weighted by Crippen LogP contribution is 2.34. The number of unbranched alkanes of at least 4 members (excludes halogenated alkanes) is 1. The highest BCUT2D eigenvalue weighted by atomic mass is 16.5. The zero-order valence-electron chi connectivity index (χ0n) is 22.0. The van der Waals surface area contributed by atoms with E-state index in [9.17, 15) is 4.79 Å². The number of benzene rings is 2. The predicted molar refractivity (Wildman–Crippen MR) is 145 cm³/mol. The lowest BCUT2D eigenvalue weighted by atomic mass is 9.82. The normalized spacial score (nSPS) is 18.0. The van der Waals surface area contributed by atoms with Crippen LogP contribution in [0, 0.1) is 5.92 Å². The first-order valence-electron chi connectivity index (χ1n) is 13.8. The van der Waals surface area contributed by atoms with E-state index in [4.69, 9.17) is 14.5 Å². The minimum absolute atomic E-state index is 0.0615. The van der Waals surface area contributed by atoms with Crippen molar-refractivity contribution in [1.29, 1.82) is 0 Å². The fraction of sp³-hybridized carbons (Fsp3) is 0.484. The van der Waals surface area contributed by atoms with Crippen molar-refractivity contribution < 1.29 is 14.3 Å². The van der Waals surface area contributed by atoms with E-state index >= 15 is 0 Å². The summed E-state index contributed by atoms with van der Waals surface area (Å²) in [4.78, 5) is 20.2. The Balaban J connectivity index is 1.07. The summed E-state index contributed by atoms with van der Waals surface area (Å²) in [5.41, 5.74) is 3.77. The van der Waals surface area contributed by atoms with Gasteiger partial charge in [0.25, 0.3) is 0 Å². The van der Waals surface area contributed by atoms with Crippen LogP contribution in [0.2, 0.25) is 0 Å². The van der Waals surface area contributed by atoms with Crippen LogP contribution in [-0.2, 0) is 35.5 Å². The number of methoxy groups -OCH3 is 1. The Kier molecular flexibility index (Phi) is 8.57. The third-order valence-corrected chi connectivity index (χ3v) is 7.98. The molecule has 5 rings (SSSR count). The van der Waals surface area contributed by atoms with Gasteiger partial charge in [0.05, 0.1) is 13.7 Å². The average Bonchev–Trinajstić information content (AvgIpc) is 3.43. The van der Waals surface area contributed by atoms with Gasteiger partial charge in [-0.3, -0.25) is 4.79 Å². The maximum absolute atomic E-state index is 13.4. The van der Waals surface area contributed by atoms with Crippen molar-refractivity contribution in [3.8, 4) is 5.75 Å². The Hall–Kier alpha value is -3.12. The molecule has 2 aromatic carbocycles. The van der Waals surface area contributed by atoms with Crippen LogP contribution < -0.4 is 4.74 Å². The summed E-state index contributed by atoms with van der Waals surface area (Å²) < 4.78 is 13.7. The lowest BCUT2D eigenvalue weighted by molar-refractivity contribution is -0.137. The number of carbonyl (C=O) groups excluding carboxylic acids is 1. The number of piperidine rings is 1. The quantitative estimate of drug-likeness (QED) is 0.349. The summed E-state index contributed by atoms with van der Waals surface area (Å²) in [6.07, 6.45) is 10.8. The molecule has 1 amide bonds. The van der Waals surface area contributed by atoms with Gasteiger partial charge in [-0.1, -0.05) is 42.5 Å². The van der Waals surface area contributed by atoms with E-state index in [0.29, 0.717) is 18.4 Å². The molecule has 0 bridgehead atoms. The maximum Gasteiger partial charge on any atom is 0.226 e. The van der Waals surface area contributed by atoms with Crippen molar-refractivity contribution in [1.82, 2.24) is 14.5 Å². The van der Waals surface area contributed by atoms with E-state index in [2.05, 4.69) is 33.9 Å². The smallest absolute Gasteiger partial charge is 0.226 e. The summed E-state index contributed by atoms with van der Waals surface area (Å²) >= 11 is 0. The number of fused-ring (bicyclic) bond motifs is 1. The van der Waals surface area contributed by atoms with Crippen LogP contribution in [0.15, 0.2) is 60.9 Å². The Bertz CT molecular complexity index is 1140. The van der Waals surface area contributed by atoms with E-state index in [1.807, 2.05) is 36.5 Å². The summed E-state index contributed by atoms with van der Waals surface area (Å²) in [5.74, 6) is 2.89. The second-order valence-corrected chi connectivity index (χ2v) is 10.4. The van der Waals surface area contributed by atoms with Gasteiger partial charge >= 0.3 is 0 Å². The number of likely N-dealkylation sites (tertiary alicyclic amines) is 1. The molecule has 1 aromatic heterocycles. The number of hydrogen-bond acceptors (Lipinski definition) is 4. The zero-order valence-corrected chi connectivity index (χ0v) is 22.0. The van der Waals surface area contributed by atoms with Crippen LogP contribution in [0.5, 0.6) is 5.75 Å². The third-order valence-electron chi connectivity index (χ3n) is 7.98. The van der Waals surface area contributed by atoms with Crippen molar-refractivity contribution in [2.75, 3.05) is 26.8 Å². The summed E-state index contributed by atoms with van der Waals surface area (Å²) in [7, 11) is 1.72. The van der Waals surface area contributed by atoms with Crippen LogP contribution in [0.25, 0.3) is 0 Å². The molecule has 1 saturated heterocycles. The second kappa shape index (κ2) is 12.4. The van der Waals surface area contributed by atoms with Crippen molar-refractivity contribution in [3.63, 3.8) is 0 Å². The Morgan fingerprint density at radius 3 is 2.68 bits per heavy atom. The molecule has 37 heavy (non-hydrogen) atoms. The Morgan fingerprint density at radius 2 is 1.86 bits per heavy atom. The van der Waals surface area contributed by atoms with E-state index in [-0.39, 0.29) is 5.92 Å². The van der Waals surface area contributed by atoms with Crippen LogP contribution >= 0.6 is 0 Å². The molecule has 0 N–H and O–H groups in total. The SMILES string of the molecule is COc1cccc2c1CC(C(=O)N1CCC(c3nccn3CCCCOCc3ccccc3)CC1)CC2. The monoisotopic (exact) mass is 501 g/mol. The van der Waals surface area contributed by atoms with E-state index in [1.165, 1.54) is 22.5 Å². The van der Waals surface area contributed by atoms with Crippen molar-refractivity contribution in [2.24, 2.45) is 5.92 Å². The molecule has 196 valence electrons. The van der Waals surface area contributed by atoms with Gasteiger partial charge in [0, 0.05) is 50.5 Å². The molecule has 6 heteroatoms. The number of carbonyl (C=O) groups is 1. The summed E-state index contributed by atoms with van der Waals surface area (Å²) in [5, 5.41) is 0. The first kappa shape index (κ1) is 25.5. The molecule has 0 spiro atoms. The molecular weight excluding hydrogens is 462 g/mol. The highest BCUT2D eigenvalue weighted by molar-refractivity contribution is 5.80. The predicted octanol–water partition coefficient (Wildman–Crippen LogP) is 5.40. The van der Waals surface area contributed by atoms with Gasteiger partial charge in [-0.05, 0) is 67.7 Å². The lowest BCUT2D eigenvalue weighted by Gasteiger charge is -2.35. The first-order chi connectivity index (χ1) is 18.2. The van der Waals surface area contributed by atoms with Gasteiger partial charge in [-0.15, -0.1) is 0 Å². The number of imidazole rings is 1. The molecule has 2 heterocycles. The van der Waals surface area contributed by atoms with Gasteiger partial charge in [-0.2, -0.15) is 0 Å². The molecule has 2 aliphatic rings. The molecule has 1 atom stereocenters. The second-order valence-electron chi connectivity index (χ2n) is 10.4. The minimum atomic E-state index is 0.0615. The van der Waals surface area contributed by atoms with Gasteiger partial charge in [0.15, 0.2) is 0 Å². The average molecular weight is 502 g/mol. The van der Waals surface area contributed by atoms with Crippen molar-refractivity contribution in [2.45, 2.75) is 64.0 Å². The largest absolute Gasteiger partial charge is 0.496 e. The molecule has 1 unspecified atom stereocenters. The van der Waals surface area contributed by atoms with Gasteiger partial charge in [-0.25, -0.2) is 4.98 Å². The molecule has 0 saturated carbocycles. The topological polar surface area (TPSA) is 56.6 Å². The van der Waals surface area contributed by atoms with E-state index < -0.39 is 0 Å².